The Bertz CT molecular complexity index is 1110. The summed E-state index contributed by atoms with van der Waals surface area (Å²) in [6.45, 7) is 2.91. The third-order valence-corrected chi connectivity index (χ3v) is 5.62. The molecule has 0 atom stereocenters. The summed E-state index contributed by atoms with van der Waals surface area (Å²) in [6, 6.07) is 9.25. The molecule has 0 spiro atoms. The molecule has 0 aliphatic heterocycles. The second kappa shape index (κ2) is 10.5. The number of nitrogens with one attached hydrogen (secondary N) is 2. The molecule has 2 N–H and O–H groups in total. The van der Waals surface area contributed by atoms with Crippen LogP contribution in [0.15, 0.2) is 65.1 Å². The molecule has 0 saturated heterocycles. The molecule has 0 fully saturated rings. The van der Waals surface area contributed by atoms with Gasteiger partial charge in [0.2, 0.25) is 0 Å². The number of hydrogen-bond acceptors (Lipinski definition) is 5. The Morgan fingerprint density at radius 1 is 1.10 bits per heavy atom. The quantitative estimate of drug-likeness (QED) is 0.283. The summed E-state index contributed by atoms with van der Waals surface area (Å²) in [7, 11) is -1.51. The molecule has 0 saturated carbocycles. The molecule has 30 heavy (non-hydrogen) atoms. The lowest BCUT2D eigenvalue weighted by Gasteiger charge is -2.13. The first-order chi connectivity index (χ1) is 13.9. The number of pyridine rings is 1. The molecule has 0 bridgehead atoms. The van der Waals surface area contributed by atoms with Crippen molar-refractivity contribution in [1.29, 1.82) is 0 Å². The lowest BCUT2D eigenvalue weighted by atomic mass is 10.1. The summed E-state index contributed by atoms with van der Waals surface area (Å²) in [6.07, 6.45) is 8.24. The van der Waals surface area contributed by atoms with Crippen LogP contribution in [0.1, 0.15) is 16.7 Å². The van der Waals surface area contributed by atoms with Gasteiger partial charge < -0.3 is 10.6 Å². The molecule has 0 amide bonds. The summed E-state index contributed by atoms with van der Waals surface area (Å²) < 4.78 is 25.3. The molecule has 3 aromatic rings. The normalized spacial score (nSPS) is 11.6. The third kappa shape index (κ3) is 6.26. The highest BCUT2D eigenvalue weighted by atomic mass is 127. The van der Waals surface area contributed by atoms with E-state index in [1.807, 2.05) is 35.0 Å². The Balaban J connectivity index is 0.00000320. The van der Waals surface area contributed by atoms with Gasteiger partial charge in [-0.05, 0) is 41.8 Å². The summed E-state index contributed by atoms with van der Waals surface area (Å²) >= 11 is 0. The van der Waals surface area contributed by atoms with Crippen molar-refractivity contribution in [2.24, 2.45) is 4.99 Å². The lowest BCUT2D eigenvalue weighted by Crippen LogP contribution is -2.36. The highest BCUT2D eigenvalue weighted by Crippen LogP contribution is 2.16. The van der Waals surface area contributed by atoms with E-state index in [-0.39, 0.29) is 24.0 Å². The Morgan fingerprint density at radius 2 is 1.80 bits per heavy atom. The number of aryl methyl sites for hydroxylation is 1. The monoisotopic (exact) mass is 540 g/mol. The highest BCUT2D eigenvalue weighted by molar-refractivity contribution is 14.0. The average Bonchev–Trinajstić information content (AvgIpc) is 3.22. The zero-order chi connectivity index (χ0) is 20.9. The van der Waals surface area contributed by atoms with Crippen LogP contribution in [-0.2, 0) is 22.9 Å². The molecule has 0 aliphatic rings. The van der Waals surface area contributed by atoms with Gasteiger partial charge in [-0.15, -0.1) is 24.0 Å². The van der Waals surface area contributed by atoms with Gasteiger partial charge in [-0.25, -0.2) is 18.4 Å². The van der Waals surface area contributed by atoms with Gasteiger partial charge in [0, 0.05) is 45.0 Å². The van der Waals surface area contributed by atoms with E-state index < -0.39 is 9.84 Å². The number of halogens is 1. The van der Waals surface area contributed by atoms with E-state index in [1.165, 1.54) is 6.26 Å². The van der Waals surface area contributed by atoms with Crippen LogP contribution in [0.4, 0.5) is 0 Å². The van der Waals surface area contributed by atoms with Gasteiger partial charge >= 0.3 is 0 Å². The molecule has 2 heterocycles. The molecule has 1 aromatic carbocycles. The number of benzene rings is 1. The minimum Gasteiger partial charge on any atom is -0.352 e. The van der Waals surface area contributed by atoms with Gasteiger partial charge in [-0.1, -0.05) is 12.1 Å². The van der Waals surface area contributed by atoms with E-state index >= 15 is 0 Å². The van der Waals surface area contributed by atoms with Gasteiger partial charge in [0.15, 0.2) is 15.8 Å². The van der Waals surface area contributed by atoms with Crippen LogP contribution < -0.4 is 10.6 Å². The van der Waals surface area contributed by atoms with Crippen molar-refractivity contribution >= 4 is 39.8 Å². The van der Waals surface area contributed by atoms with E-state index in [0.717, 1.165) is 22.5 Å². The number of imidazole rings is 1. The van der Waals surface area contributed by atoms with E-state index in [2.05, 4.69) is 25.6 Å². The summed E-state index contributed by atoms with van der Waals surface area (Å²) in [5.41, 5.74) is 2.77. The topological polar surface area (TPSA) is 101 Å². The van der Waals surface area contributed by atoms with Gasteiger partial charge in [-0.3, -0.25) is 9.56 Å². The first-order valence-corrected chi connectivity index (χ1v) is 10.9. The number of aliphatic imine (C=N–C) groups is 1. The number of aromatic nitrogens is 3. The van der Waals surface area contributed by atoms with Crippen LogP contribution in [-0.4, -0.2) is 42.2 Å². The van der Waals surface area contributed by atoms with Crippen LogP contribution in [0.2, 0.25) is 0 Å². The second-order valence-corrected chi connectivity index (χ2v) is 8.63. The van der Waals surface area contributed by atoms with Gasteiger partial charge in [0.25, 0.3) is 0 Å². The Morgan fingerprint density at radius 3 is 2.37 bits per heavy atom. The maximum absolute atomic E-state index is 11.7. The zero-order valence-corrected chi connectivity index (χ0v) is 20.2. The van der Waals surface area contributed by atoms with Crippen LogP contribution in [0.25, 0.3) is 5.82 Å². The van der Waals surface area contributed by atoms with Crippen LogP contribution in [0.3, 0.4) is 0 Å². The number of sulfone groups is 1. The molecular formula is C20H25IN6O2S. The average molecular weight is 540 g/mol. The zero-order valence-electron chi connectivity index (χ0n) is 17.0. The van der Waals surface area contributed by atoms with Crippen molar-refractivity contribution in [3.63, 3.8) is 0 Å². The van der Waals surface area contributed by atoms with Crippen molar-refractivity contribution in [3.05, 3.63) is 71.9 Å². The van der Waals surface area contributed by atoms with E-state index in [9.17, 15) is 8.42 Å². The first-order valence-electron chi connectivity index (χ1n) is 9.04. The molecule has 8 nitrogen and oxygen atoms in total. The molecule has 0 unspecified atom stereocenters. The molecular weight excluding hydrogens is 515 g/mol. The van der Waals surface area contributed by atoms with Crippen molar-refractivity contribution in [2.45, 2.75) is 24.9 Å². The molecule has 160 valence electrons. The SMILES string of the molecule is CN=C(NCc1ccnc(-n2ccnc2)c1)NCc1ccc(S(C)(=O)=O)c(C)c1.I. The van der Waals surface area contributed by atoms with Crippen molar-refractivity contribution in [2.75, 3.05) is 13.3 Å². The number of hydrogen-bond donors (Lipinski definition) is 2. The second-order valence-electron chi connectivity index (χ2n) is 6.64. The minimum absolute atomic E-state index is 0. The fourth-order valence-corrected chi connectivity index (χ4v) is 3.90. The third-order valence-electron chi connectivity index (χ3n) is 4.36. The predicted octanol–water partition coefficient (Wildman–Crippen LogP) is 2.46. The maximum Gasteiger partial charge on any atom is 0.191 e. The Labute approximate surface area is 193 Å². The largest absolute Gasteiger partial charge is 0.352 e. The van der Waals surface area contributed by atoms with Gasteiger partial charge in [-0.2, -0.15) is 0 Å². The smallest absolute Gasteiger partial charge is 0.191 e. The predicted molar refractivity (Wildman–Crippen MR) is 128 cm³/mol. The molecule has 0 aliphatic carbocycles. The van der Waals surface area contributed by atoms with Gasteiger partial charge in [0.05, 0.1) is 4.90 Å². The molecule has 0 radical (unpaired) electrons. The van der Waals surface area contributed by atoms with Gasteiger partial charge in [0.1, 0.15) is 12.1 Å². The Hall–Kier alpha value is -2.47. The maximum atomic E-state index is 11.7. The first kappa shape index (κ1) is 23.8. The molecule has 3 rings (SSSR count). The Kier molecular flexibility index (Phi) is 8.35. The number of nitrogens with zero attached hydrogens (tertiary/aromatic N) is 4. The van der Waals surface area contributed by atoms with E-state index in [1.54, 1.807) is 38.8 Å². The van der Waals surface area contributed by atoms with E-state index in [4.69, 9.17) is 0 Å². The number of guanidine groups is 1. The standard InChI is InChI=1S/C20H24N6O2S.HI/c1-15-10-16(4-5-18(15)29(3,27)28)12-24-20(21-2)25-13-17-6-7-23-19(11-17)26-9-8-22-14-26;/h4-11,14H,12-13H2,1-3H3,(H2,21,24,25);1H. The fourth-order valence-electron chi connectivity index (χ4n) is 2.94. The van der Waals surface area contributed by atoms with Crippen molar-refractivity contribution < 1.29 is 8.42 Å². The minimum atomic E-state index is -3.21. The molecule has 10 heteroatoms. The van der Waals surface area contributed by atoms with Crippen molar-refractivity contribution in [3.8, 4) is 5.82 Å². The highest BCUT2D eigenvalue weighted by Gasteiger charge is 2.11. The summed E-state index contributed by atoms with van der Waals surface area (Å²) in [5.74, 6) is 1.45. The van der Waals surface area contributed by atoms with Crippen LogP contribution in [0.5, 0.6) is 0 Å². The molecule has 2 aromatic heterocycles. The fraction of sp³-hybridized carbons (Fsp3) is 0.250. The lowest BCUT2D eigenvalue weighted by molar-refractivity contribution is 0.601. The summed E-state index contributed by atoms with van der Waals surface area (Å²) in [5, 5.41) is 6.51. The number of rotatable bonds is 6. The van der Waals surface area contributed by atoms with Crippen LogP contribution in [0, 0.1) is 6.92 Å². The summed E-state index contributed by atoms with van der Waals surface area (Å²) in [4.78, 5) is 13.0. The van der Waals surface area contributed by atoms with E-state index in [0.29, 0.717) is 23.9 Å². The van der Waals surface area contributed by atoms with Crippen LogP contribution >= 0.6 is 24.0 Å². The van der Waals surface area contributed by atoms with Crippen molar-refractivity contribution in [1.82, 2.24) is 25.2 Å².